The van der Waals surface area contributed by atoms with Gasteiger partial charge in [-0.15, -0.1) is 0 Å². The van der Waals surface area contributed by atoms with Gasteiger partial charge >= 0.3 is 0 Å². The maximum absolute atomic E-state index is 12.9. The van der Waals surface area contributed by atoms with Crippen molar-refractivity contribution in [3.05, 3.63) is 72.1 Å². The zero-order chi connectivity index (χ0) is 20.4. The van der Waals surface area contributed by atoms with Gasteiger partial charge in [0.15, 0.2) is 5.69 Å². The van der Waals surface area contributed by atoms with Gasteiger partial charge in [0, 0.05) is 31.7 Å². The number of aromatic nitrogens is 1. The average molecular weight is 411 g/mol. The van der Waals surface area contributed by atoms with E-state index in [0.29, 0.717) is 24.7 Å². The Bertz CT molecular complexity index is 1100. The first kappa shape index (κ1) is 19.4. The number of piperazine rings is 1. The number of carbonyl (C=O) groups excluding carboxylic acids is 1. The Balaban J connectivity index is 1.47. The summed E-state index contributed by atoms with van der Waals surface area (Å²) in [5.41, 5.74) is 1.07. The van der Waals surface area contributed by atoms with Crippen LogP contribution in [-0.2, 0) is 10.0 Å². The number of nitrogens with zero attached hydrogens (tertiary/aromatic N) is 3. The summed E-state index contributed by atoms with van der Waals surface area (Å²) in [7, 11) is -3.55. The van der Waals surface area contributed by atoms with E-state index in [1.165, 1.54) is 4.31 Å². The van der Waals surface area contributed by atoms with Crippen LogP contribution in [0.3, 0.4) is 0 Å². The second-order valence-electron chi connectivity index (χ2n) is 6.80. The summed E-state index contributed by atoms with van der Waals surface area (Å²) in [5.74, 6) is 0.607. The Hall–Kier alpha value is -2.97. The molecule has 150 valence electrons. The number of oxazole rings is 1. The van der Waals surface area contributed by atoms with Crippen LogP contribution in [0.25, 0.3) is 11.5 Å². The number of benzene rings is 2. The highest BCUT2D eigenvalue weighted by Gasteiger charge is 2.32. The molecular weight excluding hydrogens is 390 g/mol. The van der Waals surface area contributed by atoms with E-state index in [2.05, 4.69) is 4.98 Å². The lowest BCUT2D eigenvalue weighted by atomic mass is 10.2. The lowest BCUT2D eigenvalue weighted by molar-refractivity contribution is 0.0691. The summed E-state index contributed by atoms with van der Waals surface area (Å²) < 4.78 is 32.6. The number of hydrogen-bond acceptors (Lipinski definition) is 5. The Kier molecular flexibility index (Phi) is 5.21. The predicted octanol–water partition coefficient (Wildman–Crippen LogP) is 2.80. The van der Waals surface area contributed by atoms with Crippen LogP contribution in [0.5, 0.6) is 0 Å². The first-order valence-corrected chi connectivity index (χ1v) is 10.8. The van der Waals surface area contributed by atoms with Gasteiger partial charge in [-0.05, 0) is 31.2 Å². The summed E-state index contributed by atoms with van der Waals surface area (Å²) in [6.07, 6.45) is 0. The number of amides is 1. The highest BCUT2D eigenvalue weighted by molar-refractivity contribution is 7.89. The van der Waals surface area contributed by atoms with E-state index in [1.807, 2.05) is 30.3 Å². The number of sulfonamides is 1. The maximum Gasteiger partial charge on any atom is 0.276 e. The van der Waals surface area contributed by atoms with Crippen molar-refractivity contribution < 1.29 is 17.6 Å². The Morgan fingerprint density at radius 1 is 0.931 bits per heavy atom. The van der Waals surface area contributed by atoms with Crippen LogP contribution in [0.4, 0.5) is 0 Å². The summed E-state index contributed by atoms with van der Waals surface area (Å²) in [6, 6.07) is 17.7. The van der Waals surface area contributed by atoms with Crippen molar-refractivity contribution in [2.45, 2.75) is 11.8 Å². The van der Waals surface area contributed by atoms with Gasteiger partial charge in [0.2, 0.25) is 15.9 Å². The van der Waals surface area contributed by atoms with Crippen LogP contribution in [-0.4, -0.2) is 54.7 Å². The van der Waals surface area contributed by atoms with Crippen molar-refractivity contribution in [2.75, 3.05) is 26.2 Å². The SMILES string of the molecule is Cc1oc(-c2ccccc2)nc1C(=O)N1CCN(S(=O)(=O)c2ccccc2)CC1. The van der Waals surface area contributed by atoms with Crippen molar-refractivity contribution in [3.8, 4) is 11.5 Å². The lowest BCUT2D eigenvalue weighted by Gasteiger charge is -2.33. The third-order valence-corrected chi connectivity index (χ3v) is 6.84. The van der Waals surface area contributed by atoms with Crippen LogP contribution in [0, 0.1) is 6.92 Å². The standard InChI is InChI=1S/C21H21N3O4S/c1-16-19(22-20(28-16)17-8-4-2-5-9-17)21(25)23-12-14-24(15-13-23)29(26,27)18-10-6-3-7-11-18/h2-11H,12-15H2,1H3. The fraction of sp³-hybridized carbons (Fsp3) is 0.238. The molecule has 0 unspecified atom stereocenters. The fourth-order valence-corrected chi connectivity index (χ4v) is 4.77. The minimum Gasteiger partial charge on any atom is -0.441 e. The highest BCUT2D eigenvalue weighted by Crippen LogP contribution is 2.23. The van der Waals surface area contributed by atoms with Crippen molar-refractivity contribution in [1.82, 2.24) is 14.2 Å². The zero-order valence-electron chi connectivity index (χ0n) is 16.0. The van der Waals surface area contributed by atoms with Gasteiger partial charge in [-0.25, -0.2) is 13.4 Å². The molecule has 1 aliphatic heterocycles. The summed E-state index contributed by atoms with van der Waals surface area (Å²) in [6.45, 7) is 2.80. The van der Waals surface area contributed by atoms with Crippen LogP contribution >= 0.6 is 0 Å². The van der Waals surface area contributed by atoms with Gasteiger partial charge < -0.3 is 9.32 Å². The van der Waals surface area contributed by atoms with Crippen LogP contribution < -0.4 is 0 Å². The van der Waals surface area contributed by atoms with E-state index in [1.54, 1.807) is 42.2 Å². The van der Waals surface area contributed by atoms with Crippen molar-refractivity contribution >= 4 is 15.9 Å². The van der Waals surface area contributed by atoms with Crippen molar-refractivity contribution in [3.63, 3.8) is 0 Å². The molecule has 0 saturated carbocycles. The normalized spacial score (nSPS) is 15.4. The third-order valence-electron chi connectivity index (χ3n) is 4.93. The highest BCUT2D eigenvalue weighted by atomic mass is 32.2. The molecule has 0 N–H and O–H groups in total. The molecular formula is C21H21N3O4S. The molecule has 4 rings (SSSR count). The third kappa shape index (κ3) is 3.81. The van der Waals surface area contributed by atoms with Crippen LogP contribution in [0.15, 0.2) is 70.0 Å². The zero-order valence-corrected chi connectivity index (χ0v) is 16.8. The smallest absolute Gasteiger partial charge is 0.276 e. The van der Waals surface area contributed by atoms with Crippen LogP contribution in [0.1, 0.15) is 16.2 Å². The Morgan fingerprint density at radius 3 is 2.14 bits per heavy atom. The summed E-state index contributed by atoms with van der Waals surface area (Å²) >= 11 is 0. The van der Waals surface area contributed by atoms with Crippen LogP contribution in [0.2, 0.25) is 0 Å². The molecule has 2 heterocycles. The first-order valence-electron chi connectivity index (χ1n) is 9.34. The first-order chi connectivity index (χ1) is 14.0. The summed E-state index contributed by atoms with van der Waals surface area (Å²) in [5, 5.41) is 0. The largest absolute Gasteiger partial charge is 0.441 e. The average Bonchev–Trinajstić information content (AvgIpc) is 3.16. The molecule has 1 fully saturated rings. The molecule has 1 saturated heterocycles. The molecule has 0 radical (unpaired) electrons. The molecule has 0 aliphatic carbocycles. The minimum atomic E-state index is -3.55. The van der Waals surface area contributed by atoms with E-state index >= 15 is 0 Å². The molecule has 29 heavy (non-hydrogen) atoms. The molecule has 7 nitrogen and oxygen atoms in total. The molecule has 8 heteroatoms. The minimum absolute atomic E-state index is 0.241. The molecule has 0 spiro atoms. The molecule has 1 aliphatic rings. The maximum atomic E-state index is 12.9. The van der Waals surface area contributed by atoms with Gasteiger partial charge in [-0.1, -0.05) is 36.4 Å². The van der Waals surface area contributed by atoms with E-state index in [-0.39, 0.29) is 29.6 Å². The molecule has 2 aromatic carbocycles. The van der Waals surface area contributed by atoms with E-state index in [0.717, 1.165) is 5.56 Å². The number of hydrogen-bond donors (Lipinski definition) is 0. The molecule has 1 amide bonds. The fourth-order valence-electron chi connectivity index (χ4n) is 3.32. The predicted molar refractivity (Wildman–Crippen MR) is 108 cm³/mol. The number of aryl methyl sites for hydroxylation is 1. The summed E-state index contributed by atoms with van der Waals surface area (Å²) in [4.78, 5) is 19.2. The Morgan fingerprint density at radius 2 is 1.52 bits per heavy atom. The second kappa shape index (κ2) is 7.81. The number of carbonyl (C=O) groups is 1. The van der Waals surface area contributed by atoms with Crippen molar-refractivity contribution in [1.29, 1.82) is 0 Å². The Labute approximate surface area is 169 Å². The molecule has 3 aromatic rings. The molecule has 1 aromatic heterocycles. The quantitative estimate of drug-likeness (QED) is 0.659. The van der Waals surface area contributed by atoms with Gasteiger partial charge in [0.05, 0.1) is 4.90 Å². The topological polar surface area (TPSA) is 83.7 Å². The molecule has 0 atom stereocenters. The van der Waals surface area contributed by atoms with E-state index in [4.69, 9.17) is 4.42 Å². The molecule has 0 bridgehead atoms. The monoisotopic (exact) mass is 411 g/mol. The number of rotatable bonds is 4. The van der Waals surface area contributed by atoms with Gasteiger partial charge in [-0.2, -0.15) is 4.31 Å². The van der Waals surface area contributed by atoms with E-state index in [9.17, 15) is 13.2 Å². The lowest BCUT2D eigenvalue weighted by Crippen LogP contribution is -2.50. The van der Waals surface area contributed by atoms with Gasteiger partial charge in [0.1, 0.15) is 5.76 Å². The van der Waals surface area contributed by atoms with Gasteiger partial charge in [-0.3, -0.25) is 4.79 Å². The van der Waals surface area contributed by atoms with Gasteiger partial charge in [0.25, 0.3) is 5.91 Å². The van der Waals surface area contributed by atoms with E-state index < -0.39 is 10.0 Å². The second-order valence-corrected chi connectivity index (χ2v) is 8.74. The van der Waals surface area contributed by atoms with Crippen molar-refractivity contribution in [2.24, 2.45) is 0 Å².